The molecule has 0 amide bonds. The van der Waals surface area contributed by atoms with Crippen LogP contribution in [0.15, 0.2) is 349 Å². The zero-order chi connectivity index (χ0) is 63.5. The molecule has 0 saturated heterocycles. The number of aromatic nitrogens is 1. The summed E-state index contributed by atoms with van der Waals surface area (Å²) in [5, 5.41) is 11.5. The molecule has 1 aliphatic heterocycles. The molecule has 0 bridgehead atoms. The molecular formula is C90H60N4O2. The fraction of sp³-hybridized carbons (Fsp3) is 0.0111. The van der Waals surface area contributed by atoms with E-state index in [0.717, 1.165) is 135 Å². The zero-order valence-corrected chi connectivity index (χ0v) is 52.3. The number of anilines is 7. The molecule has 1 aliphatic rings. The fourth-order valence-electron chi connectivity index (χ4n) is 14.1. The van der Waals surface area contributed by atoms with Gasteiger partial charge < -0.3 is 24.0 Å². The molecule has 1 N–H and O–H groups in total. The van der Waals surface area contributed by atoms with Crippen LogP contribution in [0, 0.1) is 0 Å². The van der Waals surface area contributed by atoms with Crippen LogP contribution in [-0.2, 0) is 0 Å². The smallest absolute Gasteiger partial charge is 0.227 e. The molecule has 14 aromatic carbocycles. The summed E-state index contributed by atoms with van der Waals surface area (Å²) < 4.78 is 12.7. The molecule has 0 spiro atoms. The normalized spacial score (nSPS) is 12.0. The molecule has 0 radical (unpaired) electrons. The summed E-state index contributed by atoms with van der Waals surface area (Å²) in [5.41, 5.74) is 25.7. The lowest BCUT2D eigenvalue weighted by atomic mass is 9.96. The number of hydrogen-bond acceptors (Lipinski definition) is 6. The van der Waals surface area contributed by atoms with E-state index < -0.39 is 0 Å². The lowest BCUT2D eigenvalue weighted by Crippen LogP contribution is -2.09. The van der Waals surface area contributed by atoms with Gasteiger partial charge in [0.05, 0.1) is 0 Å². The number of nitrogens with one attached hydrogen (secondary N) is 1. The number of pyridine rings is 1. The third-order valence-corrected chi connectivity index (χ3v) is 19.0. The van der Waals surface area contributed by atoms with Gasteiger partial charge in [-0.15, -0.1) is 0 Å². The maximum Gasteiger partial charge on any atom is 0.227 e. The monoisotopic (exact) mass is 1230 g/mol. The third kappa shape index (κ3) is 10.3. The highest BCUT2D eigenvalue weighted by Gasteiger charge is 2.21. The van der Waals surface area contributed by atoms with Crippen molar-refractivity contribution in [1.82, 2.24) is 4.98 Å². The Hall–Kier alpha value is -12.8. The van der Waals surface area contributed by atoms with Crippen molar-refractivity contribution in [3.63, 3.8) is 0 Å². The SMILES string of the molecule is C1=Cc2c(oc3c(-c4ccc(N(c5ccc(-c6cccc(-c7cccc(-c8ccc(N(c9ccc(-c%10ccc%11ccccc%11c%10)cc9)c9ccc(-c%10cccc%11oc%12ncccc%12c%10%11)cc9)cc8)c7)c6)cc5)c5ccc(-c6ccc7ccccc7c6)cc5)cc4)cccc23)NC1. The first-order valence-corrected chi connectivity index (χ1v) is 32.7. The predicted molar refractivity (Wildman–Crippen MR) is 401 cm³/mol. The van der Waals surface area contributed by atoms with E-state index >= 15 is 0 Å². The van der Waals surface area contributed by atoms with Gasteiger partial charge in [0, 0.05) is 74.2 Å². The Balaban J connectivity index is 0.639. The average Bonchev–Trinajstić information content (AvgIpc) is 1.09. The Morgan fingerprint density at radius 3 is 1.20 bits per heavy atom. The summed E-state index contributed by atoms with van der Waals surface area (Å²) in [4.78, 5) is 9.21. The van der Waals surface area contributed by atoms with Crippen molar-refractivity contribution in [2.24, 2.45) is 0 Å². The summed E-state index contributed by atoms with van der Waals surface area (Å²) in [7, 11) is 0. The number of benzene rings is 14. The summed E-state index contributed by atoms with van der Waals surface area (Å²) in [6.07, 6.45) is 6.07. The van der Waals surface area contributed by atoms with Gasteiger partial charge in [-0.2, -0.15) is 0 Å². The van der Waals surface area contributed by atoms with Crippen molar-refractivity contribution in [1.29, 1.82) is 0 Å². The number of hydrogen-bond donors (Lipinski definition) is 1. The van der Waals surface area contributed by atoms with Crippen molar-refractivity contribution in [2.75, 3.05) is 21.7 Å². The Morgan fingerprint density at radius 2 is 0.698 bits per heavy atom. The van der Waals surface area contributed by atoms with Gasteiger partial charge in [0.1, 0.15) is 11.2 Å². The van der Waals surface area contributed by atoms with Crippen molar-refractivity contribution in [3.05, 3.63) is 345 Å². The van der Waals surface area contributed by atoms with E-state index in [2.05, 4.69) is 348 Å². The van der Waals surface area contributed by atoms with E-state index in [4.69, 9.17) is 8.83 Å². The van der Waals surface area contributed by atoms with Gasteiger partial charge in [-0.25, -0.2) is 4.98 Å². The second kappa shape index (κ2) is 23.7. The molecule has 96 heavy (non-hydrogen) atoms. The number of furan rings is 2. The first-order chi connectivity index (χ1) is 47.5. The Bertz CT molecular complexity index is 5810. The van der Waals surface area contributed by atoms with Crippen LogP contribution >= 0.6 is 0 Å². The molecule has 3 aromatic heterocycles. The molecule has 17 aromatic rings. The van der Waals surface area contributed by atoms with Gasteiger partial charge in [0.25, 0.3) is 0 Å². The van der Waals surface area contributed by atoms with E-state index in [1.54, 1.807) is 6.20 Å². The molecule has 0 unspecified atom stereocenters. The molecule has 0 saturated carbocycles. The first kappa shape index (κ1) is 56.0. The van der Waals surface area contributed by atoms with E-state index in [-0.39, 0.29) is 0 Å². The van der Waals surface area contributed by atoms with Crippen LogP contribution in [0.4, 0.5) is 40.0 Å². The van der Waals surface area contributed by atoms with Crippen LogP contribution < -0.4 is 15.1 Å². The Morgan fingerprint density at radius 1 is 0.302 bits per heavy atom. The quantitative estimate of drug-likeness (QED) is 0.124. The largest absolute Gasteiger partial charge is 0.439 e. The molecule has 0 aliphatic carbocycles. The summed E-state index contributed by atoms with van der Waals surface area (Å²) in [6, 6.07) is 119. The van der Waals surface area contributed by atoms with Crippen LogP contribution in [0.1, 0.15) is 5.56 Å². The van der Waals surface area contributed by atoms with E-state index in [1.165, 1.54) is 43.8 Å². The standard InChI is InChI=1S/C90H60N4O2/c1-3-13-67-57-73(27-25-59(67)11-1)63-33-45-77(46-34-63)93(79-49-37-65(38-50-79)81-19-8-24-86-87(81)85-23-10-54-92-90(85)95-86)75-41-29-61(30-42-75)69-15-5-17-71(55-69)72-18-6-16-70(56-72)62-31-43-76(44-32-62)94(78-47-35-64(36-48-78)74-28-26-60-12-2-4-14-68(60)58-74)80-51-39-66(40-52-80)82-20-7-21-83-84-22-9-53-91-89(84)96-88(82)83/h1-52,54-58,91H,53H2. The van der Waals surface area contributed by atoms with Crippen LogP contribution in [0.25, 0.3) is 139 Å². The topological polar surface area (TPSA) is 57.7 Å². The molecule has 452 valence electrons. The van der Waals surface area contributed by atoms with E-state index in [9.17, 15) is 0 Å². The van der Waals surface area contributed by atoms with Crippen LogP contribution in [0.5, 0.6) is 0 Å². The third-order valence-electron chi connectivity index (χ3n) is 19.0. The second-order valence-electron chi connectivity index (χ2n) is 24.7. The molecule has 18 rings (SSSR count). The highest BCUT2D eigenvalue weighted by Crippen LogP contribution is 2.44. The summed E-state index contributed by atoms with van der Waals surface area (Å²) >= 11 is 0. The molecule has 0 atom stereocenters. The summed E-state index contributed by atoms with van der Waals surface area (Å²) in [5.74, 6) is 0.824. The number of para-hydroxylation sites is 1. The lowest BCUT2D eigenvalue weighted by molar-refractivity contribution is 0.629. The maximum atomic E-state index is 6.47. The van der Waals surface area contributed by atoms with Crippen molar-refractivity contribution < 1.29 is 8.83 Å². The van der Waals surface area contributed by atoms with Gasteiger partial charge in [-0.05, 0) is 209 Å². The van der Waals surface area contributed by atoms with Gasteiger partial charge in [0.15, 0.2) is 0 Å². The Kier molecular flexibility index (Phi) is 13.8. The molecule has 0 fully saturated rings. The minimum Gasteiger partial charge on any atom is -0.439 e. The maximum absolute atomic E-state index is 6.47. The Labute approximate surface area is 556 Å². The highest BCUT2D eigenvalue weighted by atomic mass is 16.4. The van der Waals surface area contributed by atoms with Gasteiger partial charge >= 0.3 is 0 Å². The minimum atomic E-state index is 0.645. The predicted octanol–water partition coefficient (Wildman–Crippen LogP) is 25.1. The minimum absolute atomic E-state index is 0.645. The lowest BCUT2D eigenvalue weighted by Gasteiger charge is -2.26. The highest BCUT2D eigenvalue weighted by molar-refractivity contribution is 6.11. The van der Waals surface area contributed by atoms with Gasteiger partial charge in [-0.3, -0.25) is 0 Å². The van der Waals surface area contributed by atoms with E-state index in [0.29, 0.717) is 5.71 Å². The van der Waals surface area contributed by atoms with Crippen molar-refractivity contribution in [2.45, 2.75) is 0 Å². The first-order valence-electron chi connectivity index (χ1n) is 32.7. The van der Waals surface area contributed by atoms with Crippen molar-refractivity contribution >= 4 is 101 Å². The second-order valence-corrected chi connectivity index (χ2v) is 24.7. The molecule has 4 heterocycles. The average molecular weight is 1230 g/mol. The van der Waals surface area contributed by atoms with Gasteiger partial charge in [-0.1, -0.05) is 224 Å². The van der Waals surface area contributed by atoms with Gasteiger partial charge in [0.2, 0.25) is 11.6 Å². The van der Waals surface area contributed by atoms with Crippen LogP contribution in [0.2, 0.25) is 0 Å². The van der Waals surface area contributed by atoms with Crippen molar-refractivity contribution in [3.8, 4) is 77.9 Å². The summed E-state index contributed by atoms with van der Waals surface area (Å²) in [6.45, 7) is 0.755. The van der Waals surface area contributed by atoms with Crippen LogP contribution in [0.3, 0.4) is 0 Å². The molecular weight excluding hydrogens is 1170 g/mol. The van der Waals surface area contributed by atoms with E-state index in [1.807, 2.05) is 12.1 Å². The number of nitrogens with zero attached hydrogens (tertiary/aromatic N) is 3. The zero-order valence-electron chi connectivity index (χ0n) is 52.3. The number of fused-ring (bicyclic) bond motifs is 8. The van der Waals surface area contributed by atoms with Crippen LogP contribution in [-0.4, -0.2) is 11.5 Å². The molecule has 6 nitrogen and oxygen atoms in total. The number of rotatable bonds is 13. The fourth-order valence-corrected chi connectivity index (χ4v) is 14.1. The molecule has 6 heteroatoms.